The normalized spacial score (nSPS) is 11.4. The predicted molar refractivity (Wildman–Crippen MR) is 60.6 cm³/mol. The van der Waals surface area contributed by atoms with Gasteiger partial charge in [0.05, 0.1) is 0 Å². The van der Waals surface area contributed by atoms with Crippen molar-refractivity contribution in [3.8, 4) is 0 Å². The number of imidazole rings is 1. The first-order valence-corrected chi connectivity index (χ1v) is 5.71. The van der Waals surface area contributed by atoms with Crippen molar-refractivity contribution in [2.45, 2.75) is 31.2 Å². The van der Waals surface area contributed by atoms with Crippen LogP contribution in [0.3, 0.4) is 0 Å². The summed E-state index contributed by atoms with van der Waals surface area (Å²) in [4.78, 5) is 6.74. The summed E-state index contributed by atoms with van der Waals surface area (Å²) in [6, 6.07) is 6.40. The number of hydrogen-bond donors (Lipinski definition) is 1. The van der Waals surface area contributed by atoms with Crippen LogP contribution in [0.25, 0.3) is 11.0 Å². The molecule has 1 aromatic heterocycles. The molecule has 0 aliphatic heterocycles. The van der Waals surface area contributed by atoms with E-state index in [1.165, 1.54) is 16.6 Å². The molecule has 0 aliphatic rings. The average molecular weight is 207 g/mol. The molecule has 0 unspecified atom stereocenters. The maximum atomic E-state index is 3.38. The number of aromatic amines is 2. The lowest BCUT2D eigenvalue weighted by molar-refractivity contribution is -0.396. The Morgan fingerprint density at radius 2 is 2.14 bits per heavy atom. The summed E-state index contributed by atoms with van der Waals surface area (Å²) < 4.78 is 0. The van der Waals surface area contributed by atoms with Crippen molar-refractivity contribution in [2.24, 2.45) is 0 Å². The second-order valence-electron chi connectivity index (χ2n) is 3.79. The molecule has 2 nitrogen and oxygen atoms in total. The number of aromatic nitrogens is 2. The van der Waals surface area contributed by atoms with Gasteiger partial charge in [0, 0.05) is 5.25 Å². The lowest BCUT2D eigenvalue weighted by atomic mass is 10.2. The monoisotopic (exact) mass is 207 g/mol. The SMILES string of the molecule is Cc1ccc2[nH+]c(SC(C)C)[nH]c2c1. The van der Waals surface area contributed by atoms with Crippen molar-refractivity contribution in [1.29, 1.82) is 0 Å². The lowest BCUT2D eigenvalue weighted by Crippen LogP contribution is -2.03. The summed E-state index contributed by atoms with van der Waals surface area (Å²) >= 11 is 1.82. The number of thioether (sulfide) groups is 1. The number of H-pyrrole nitrogens is 2. The third kappa shape index (κ3) is 1.93. The summed E-state index contributed by atoms with van der Waals surface area (Å²) in [5.41, 5.74) is 3.65. The van der Waals surface area contributed by atoms with Gasteiger partial charge >= 0.3 is 5.16 Å². The number of hydrogen-bond acceptors (Lipinski definition) is 1. The second-order valence-corrected chi connectivity index (χ2v) is 5.38. The minimum Gasteiger partial charge on any atom is -0.231 e. The maximum absolute atomic E-state index is 3.38. The van der Waals surface area contributed by atoms with Crippen molar-refractivity contribution in [3.63, 3.8) is 0 Å². The molecule has 0 aliphatic carbocycles. The molecule has 0 radical (unpaired) electrons. The molecular weight excluding hydrogens is 192 g/mol. The topological polar surface area (TPSA) is 29.9 Å². The Bertz CT molecular complexity index is 445. The van der Waals surface area contributed by atoms with E-state index in [0.717, 1.165) is 5.16 Å². The van der Waals surface area contributed by atoms with Gasteiger partial charge in [-0.15, -0.1) is 0 Å². The number of benzene rings is 1. The van der Waals surface area contributed by atoms with E-state index in [1.807, 2.05) is 11.8 Å². The van der Waals surface area contributed by atoms with Crippen LogP contribution in [-0.4, -0.2) is 10.2 Å². The van der Waals surface area contributed by atoms with Crippen LogP contribution in [0, 0.1) is 6.92 Å². The van der Waals surface area contributed by atoms with Crippen LogP contribution in [0.4, 0.5) is 0 Å². The number of nitrogens with one attached hydrogen (secondary N) is 2. The third-order valence-electron chi connectivity index (χ3n) is 2.03. The molecule has 1 aromatic carbocycles. The van der Waals surface area contributed by atoms with Gasteiger partial charge in [0.15, 0.2) is 11.0 Å². The smallest absolute Gasteiger partial charge is 0.231 e. The number of rotatable bonds is 2. The molecule has 1 heterocycles. The first-order valence-electron chi connectivity index (χ1n) is 4.83. The van der Waals surface area contributed by atoms with Crippen LogP contribution in [-0.2, 0) is 0 Å². The van der Waals surface area contributed by atoms with Crippen LogP contribution in [0.15, 0.2) is 23.4 Å². The number of fused-ring (bicyclic) bond motifs is 1. The van der Waals surface area contributed by atoms with Crippen LogP contribution >= 0.6 is 11.8 Å². The van der Waals surface area contributed by atoms with Crippen molar-refractivity contribution in [1.82, 2.24) is 4.98 Å². The van der Waals surface area contributed by atoms with Crippen LogP contribution in [0.2, 0.25) is 0 Å². The molecule has 0 amide bonds. The van der Waals surface area contributed by atoms with Gasteiger partial charge in [-0.25, -0.2) is 9.97 Å². The summed E-state index contributed by atoms with van der Waals surface area (Å²) in [5.74, 6) is 0. The van der Waals surface area contributed by atoms with E-state index < -0.39 is 0 Å². The summed E-state index contributed by atoms with van der Waals surface area (Å²) in [6.45, 7) is 6.49. The van der Waals surface area contributed by atoms with Crippen LogP contribution in [0.1, 0.15) is 19.4 Å². The van der Waals surface area contributed by atoms with Crippen molar-refractivity contribution in [2.75, 3.05) is 0 Å². The van der Waals surface area contributed by atoms with Gasteiger partial charge < -0.3 is 0 Å². The summed E-state index contributed by atoms with van der Waals surface area (Å²) in [6.07, 6.45) is 0. The van der Waals surface area contributed by atoms with E-state index in [0.29, 0.717) is 5.25 Å². The molecule has 0 fully saturated rings. The van der Waals surface area contributed by atoms with Crippen molar-refractivity contribution < 1.29 is 4.98 Å². The predicted octanol–water partition coefficient (Wildman–Crippen LogP) is 2.79. The minimum atomic E-state index is 0.598. The molecule has 2 aromatic rings. The van der Waals surface area contributed by atoms with Gasteiger partial charge in [0.1, 0.15) is 0 Å². The highest BCUT2D eigenvalue weighted by atomic mass is 32.2. The fourth-order valence-electron chi connectivity index (χ4n) is 1.44. The highest BCUT2D eigenvalue weighted by Crippen LogP contribution is 2.19. The van der Waals surface area contributed by atoms with E-state index in [1.54, 1.807) is 0 Å². The lowest BCUT2D eigenvalue weighted by Gasteiger charge is -1.93. The molecule has 3 heteroatoms. The second kappa shape index (κ2) is 3.65. The Morgan fingerprint density at radius 3 is 2.86 bits per heavy atom. The Balaban J connectivity index is 2.41. The van der Waals surface area contributed by atoms with Gasteiger partial charge in [-0.1, -0.05) is 19.9 Å². The Kier molecular flexibility index (Phi) is 2.50. The highest BCUT2D eigenvalue weighted by Gasteiger charge is 2.11. The first kappa shape index (κ1) is 9.59. The van der Waals surface area contributed by atoms with E-state index in [2.05, 4.69) is 48.9 Å². The van der Waals surface area contributed by atoms with E-state index in [9.17, 15) is 0 Å². The van der Waals surface area contributed by atoms with Crippen molar-refractivity contribution in [3.05, 3.63) is 23.8 Å². The molecule has 14 heavy (non-hydrogen) atoms. The maximum Gasteiger partial charge on any atom is 0.314 e. The van der Waals surface area contributed by atoms with Crippen LogP contribution in [0.5, 0.6) is 0 Å². The molecule has 0 bridgehead atoms. The van der Waals surface area contributed by atoms with Gasteiger partial charge in [0.25, 0.3) is 0 Å². The number of aryl methyl sites for hydroxylation is 1. The molecule has 0 atom stereocenters. The Morgan fingerprint density at radius 1 is 1.36 bits per heavy atom. The average Bonchev–Trinajstić information content (AvgIpc) is 2.44. The van der Waals surface area contributed by atoms with Gasteiger partial charge in [-0.2, -0.15) is 0 Å². The molecule has 74 valence electrons. The summed E-state index contributed by atoms with van der Waals surface area (Å²) in [7, 11) is 0. The zero-order valence-corrected chi connectivity index (χ0v) is 9.53. The summed E-state index contributed by atoms with van der Waals surface area (Å²) in [5, 5.41) is 1.74. The quantitative estimate of drug-likeness (QED) is 0.754. The van der Waals surface area contributed by atoms with E-state index in [4.69, 9.17) is 0 Å². The van der Waals surface area contributed by atoms with Crippen LogP contribution < -0.4 is 4.98 Å². The molecule has 2 N–H and O–H groups in total. The highest BCUT2D eigenvalue weighted by molar-refractivity contribution is 7.99. The van der Waals surface area contributed by atoms with E-state index >= 15 is 0 Å². The zero-order chi connectivity index (χ0) is 10.1. The van der Waals surface area contributed by atoms with E-state index in [-0.39, 0.29) is 0 Å². The van der Waals surface area contributed by atoms with Crippen molar-refractivity contribution >= 4 is 22.8 Å². The largest absolute Gasteiger partial charge is 0.314 e. The molecule has 0 saturated heterocycles. The van der Waals surface area contributed by atoms with Gasteiger partial charge in [-0.3, -0.25) is 0 Å². The molecular formula is C11H15N2S+. The molecule has 0 saturated carbocycles. The first-order chi connectivity index (χ1) is 6.65. The fourth-order valence-corrected chi connectivity index (χ4v) is 2.25. The zero-order valence-electron chi connectivity index (χ0n) is 8.72. The Hall–Kier alpha value is -0.960. The minimum absolute atomic E-state index is 0.598. The Labute approximate surface area is 88.1 Å². The van der Waals surface area contributed by atoms with Gasteiger partial charge in [-0.05, 0) is 36.4 Å². The third-order valence-corrected chi connectivity index (χ3v) is 2.94. The fraction of sp³-hybridized carbons (Fsp3) is 0.364. The molecule has 0 spiro atoms. The standard InChI is InChI=1S/C11H14N2S/c1-7(2)14-11-12-9-5-4-8(3)6-10(9)13-11/h4-7H,1-3H3,(H,12,13)/p+1. The molecule has 2 rings (SSSR count). The van der Waals surface area contributed by atoms with Gasteiger partial charge in [0.2, 0.25) is 0 Å².